The fourth-order valence-corrected chi connectivity index (χ4v) is 1.96. The molecule has 1 aliphatic heterocycles. The first-order valence-corrected chi connectivity index (χ1v) is 5.87. The van der Waals surface area contributed by atoms with Crippen LogP contribution in [0.2, 0.25) is 0 Å². The number of rotatable bonds is 4. The number of benzene rings is 1. The van der Waals surface area contributed by atoms with Crippen molar-refractivity contribution in [3.05, 3.63) is 35.4 Å². The Morgan fingerprint density at radius 1 is 1.06 bits per heavy atom. The van der Waals surface area contributed by atoms with E-state index in [9.17, 15) is 0 Å². The van der Waals surface area contributed by atoms with Gasteiger partial charge in [0, 0.05) is 26.2 Å². The highest BCUT2D eigenvalue weighted by Gasteiger charge is 2.10. The first-order chi connectivity index (χ1) is 7.88. The molecular weight excluding hydrogens is 202 g/mol. The average molecular weight is 221 g/mol. The molecule has 88 valence electrons. The lowest BCUT2D eigenvalue weighted by Gasteiger charge is -2.26. The molecule has 0 saturated carbocycles. The minimum Gasteiger partial charge on any atom is -0.396 e. The molecule has 2 rings (SSSR count). The van der Waals surface area contributed by atoms with Crippen molar-refractivity contribution in [3.63, 3.8) is 0 Å². The Morgan fingerprint density at radius 2 is 1.69 bits per heavy atom. The van der Waals surface area contributed by atoms with Crippen molar-refractivity contribution >= 4 is 0 Å². The molecule has 0 bridgehead atoms. The highest BCUT2D eigenvalue weighted by molar-refractivity contribution is 5.22. The van der Waals surface area contributed by atoms with Gasteiger partial charge in [0.05, 0.1) is 13.2 Å². The smallest absolute Gasteiger partial charge is 0.0594 e. The van der Waals surface area contributed by atoms with E-state index < -0.39 is 0 Å². The number of hydrogen-bond donors (Lipinski definition) is 1. The van der Waals surface area contributed by atoms with Gasteiger partial charge >= 0.3 is 0 Å². The van der Waals surface area contributed by atoms with Gasteiger partial charge in [0.25, 0.3) is 0 Å². The predicted molar refractivity (Wildman–Crippen MR) is 63.3 cm³/mol. The van der Waals surface area contributed by atoms with Gasteiger partial charge in [0.2, 0.25) is 0 Å². The largest absolute Gasteiger partial charge is 0.396 e. The molecule has 1 heterocycles. The quantitative estimate of drug-likeness (QED) is 0.825. The third-order valence-electron chi connectivity index (χ3n) is 2.93. The fourth-order valence-electron chi connectivity index (χ4n) is 1.96. The Balaban J connectivity index is 1.88. The van der Waals surface area contributed by atoms with E-state index in [0.717, 1.165) is 39.3 Å². The number of aliphatic hydroxyl groups is 1. The fraction of sp³-hybridized carbons (Fsp3) is 0.538. The van der Waals surface area contributed by atoms with Crippen LogP contribution in [0.3, 0.4) is 0 Å². The van der Waals surface area contributed by atoms with Crippen molar-refractivity contribution in [1.82, 2.24) is 4.90 Å². The number of aliphatic hydroxyl groups excluding tert-OH is 1. The summed E-state index contributed by atoms with van der Waals surface area (Å²) in [5.74, 6) is 0. The zero-order valence-electron chi connectivity index (χ0n) is 9.56. The van der Waals surface area contributed by atoms with E-state index >= 15 is 0 Å². The molecule has 0 radical (unpaired) electrons. The van der Waals surface area contributed by atoms with Gasteiger partial charge in [-0.15, -0.1) is 0 Å². The first-order valence-electron chi connectivity index (χ1n) is 5.87. The standard InChI is InChI=1S/C13H19NO2/c15-8-5-12-1-3-13(4-2-12)11-14-6-9-16-10-7-14/h1-4,15H,5-11H2. The summed E-state index contributed by atoms with van der Waals surface area (Å²) >= 11 is 0. The summed E-state index contributed by atoms with van der Waals surface area (Å²) < 4.78 is 5.32. The molecule has 0 spiro atoms. The van der Waals surface area contributed by atoms with Crippen molar-refractivity contribution < 1.29 is 9.84 Å². The molecule has 1 saturated heterocycles. The Labute approximate surface area is 96.6 Å². The van der Waals surface area contributed by atoms with Gasteiger partial charge in [0.15, 0.2) is 0 Å². The van der Waals surface area contributed by atoms with Gasteiger partial charge in [-0.05, 0) is 17.5 Å². The van der Waals surface area contributed by atoms with Crippen LogP contribution in [0.1, 0.15) is 11.1 Å². The molecule has 0 atom stereocenters. The second-order valence-corrected chi connectivity index (χ2v) is 4.18. The normalized spacial score (nSPS) is 17.6. The Morgan fingerprint density at radius 3 is 2.31 bits per heavy atom. The molecule has 3 nitrogen and oxygen atoms in total. The highest BCUT2D eigenvalue weighted by atomic mass is 16.5. The van der Waals surface area contributed by atoms with E-state index in [1.807, 2.05) is 0 Å². The molecule has 1 fully saturated rings. The molecule has 0 amide bonds. The third-order valence-corrected chi connectivity index (χ3v) is 2.93. The summed E-state index contributed by atoms with van der Waals surface area (Å²) in [7, 11) is 0. The summed E-state index contributed by atoms with van der Waals surface area (Å²) in [6.07, 6.45) is 0.748. The van der Waals surface area contributed by atoms with Gasteiger partial charge in [0.1, 0.15) is 0 Å². The molecule has 1 aromatic carbocycles. The van der Waals surface area contributed by atoms with E-state index in [1.165, 1.54) is 11.1 Å². The third kappa shape index (κ3) is 3.30. The van der Waals surface area contributed by atoms with Crippen molar-refractivity contribution in [1.29, 1.82) is 0 Å². The number of morpholine rings is 1. The van der Waals surface area contributed by atoms with E-state index in [-0.39, 0.29) is 6.61 Å². The van der Waals surface area contributed by atoms with Crippen LogP contribution in [-0.2, 0) is 17.7 Å². The lowest BCUT2D eigenvalue weighted by Crippen LogP contribution is -2.35. The zero-order chi connectivity index (χ0) is 11.2. The molecule has 16 heavy (non-hydrogen) atoms. The summed E-state index contributed by atoms with van der Waals surface area (Å²) in [4.78, 5) is 2.41. The van der Waals surface area contributed by atoms with Crippen LogP contribution in [0.15, 0.2) is 24.3 Å². The van der Waals surface area contributed by atoms with Crippen molar-refractivity contribution in [2.75, 3.05) is 32.9 Å². The van der Waals surface area contributed by atoms with Gasteiger partial charge in [-0.2, -0.15) is 0 Å². The van der Waals surface area contributed by atoms with E-state index in [0.29, 0.717) is 0 Å². The number of hydrogen-bond acceptors (Lipinski definition) is 3. The van der Waals surface area contributed by atoms with E-state index in [1.54, 1.807) is 0 Å². The molecule has 3 heteroatoms. The lowest BCUT2D eigenvalue weighted by atomic mass is 10.1. The Kier molecular flexibility index (Phi) is 4.34. The molecule has 0 unspecified atom stereocenters. The van der Waals surface area contributed by atoms with Crippen LogP contribution in [0.4, 0.5) is 0 Å². The highest BCUT2D eigenvalue weighted by Crippen LogP contribution is 2.09. The van der Waals surface area contributed by atoms with Crippen LogP contribution >= 0.6 is 0 Å². The SMILES string of the molecule is OCCc1ccc(CN2CCOCC2)cc1. The summed E-state index contributed by atoms with van der Waals surface area (Å²) in [5, 5.41) is 8.83. The minimum absolute atomic E-state index is 0.225. The summed E-state index contributed by atoms with van der Waals surface area (Å²) in [5.41, 5.74) is 2.54. The average Bonchev–Trinajstić information content (AvgIpc) is 2.33. The van der Waals surface area contributed by atoms with Gasteiger partial charge in [-0.25, -0.2) is 0 Å². The summed E-state index contributed by atoms with van der Waals surface area (Å²) in [6, 6.07) is 8.51. The van der Waals surface area contributed by atoms with E-state index in [4.69, 9.17) is 9.84 Å². The molecule has 0 aromatic heterocycles. The van der Waals surface area contributed by atoms with Gasteiger partial charge in [-0.3, -0.25) is 4.90 Å². The van der Waals surface area contributed by atoms with E-state index in [2.05, 4.69) is 29.2 Å². The van der Waals surface area contributed by atoms with Crippen LogP contribution in [0.5, 0.6) is 0 Å². The monoisotopic (exact) mass is 221 g/mol. The Bertz CT molecular complexity index is 304. The summed E-state index contributed by atoms with van der Waals surface area (Å²) in [6.45, 7) is 4.98. The topological polar surface area (TPSA) is 32.7 Å². The van der Waals surface area contributed by atoms with Crippen LogP contribution < -0.4 is 0 Å². The number of ether oxygens (including phenoxy) is 1. The molecule has 1 aliphatic rings. The lowest BCUT2D eigenvalue weighted by molar-refractivity contribution is 0.0342. The second kappa shape index (κ2) is 5.99. The van der Waals surface area contributed by atoms with Crippen LogP contribution in [-0.4, -0.2) is 42.9 Å². The maximum Gasteiger partial charge on any atom is 0.0594 e. The second-order valence-electron chi connectivity index (χ2n) is 4.18. The van der Waals surface area contributed by atoms with Gasteiger partial charge in [-0.1, -0.05) is 24.3 Å². The number of nitrogens with zero attached hydrogens (tertiary/aromatic N) is 1. The predicted octanol–water partition coefficient (Wildman–Crippen LogP) is 1.05. The molecule has 0 aliphatic carbocycles. The molecule has 1 aromatic rings. The minimum atomic E-state index is 0.225. The van der Waals surface area contributed by atoms with Gasteiger partial charge < -0.3 is 9.84 Å². The van der Waals surface area contributed by atoms with Crippen molar-refractivity contribution in [2.24, 2.45) is 0 Å². The first kappa shape index (κ1) is 11.6. The van der Waals surface area contributed by atoms with Crippen molar-refractivity contribution in [3.8, 4) is 0 Å². The van der Waals surface area contributed by atoms with Crippen LogP contribution in [0.25, 0.3) is 0 Å². The maximum absolute atomic E-state index is 8.83. The molecule has 1 N–H and O–H groups in total. The Hall–Kier alpha value is -0.900. The maximum atomic E-state index is 8.83. The molecular formula is C13H19NO2. The van der Waals surface area contributed by atoms with Crippen LogP contribution in [0, 0.1) is 0 Å². The van der Waals surface area contributed by atoms with Crippen molar-refractivity contribution in [2.45, 2.75) is 13.0 Å². The zero-order valence-corrected chi connectivity index (χ0v) is 9.56.